The van der Waals surface area contributed by atoms with Gasteiger partial charge in [0, 0.05) is 13.0 Å². The number of carbonyl (C=O) groups is 3. The van der Waals surface area contributed by atoms with Gasteiger partial charge in [-0.2, -0.15) is 0 Å². The SMILES string of the molecule is CNC(=O)C(C)NC(=O)C(C)NC(=O)C(C)C. The molecule has 0 spiro atoms. The summed E-state index contributed by atoms with van der Waals surface area (Å²) < 4.78 is 0. The van der Waals surface area contributed by atoms with Gasteiger partial charge in [-0.05, 0) is 13.8 Å². The lowest BCUT2D eigenvalue weighted by Crippen LogP contribution is -2.51. The quantitative estimate of drug-likeness (QED) is 0.602. The molecule has 0 aromatic heterocycles. The summed E-state index contributed by atoms with van der Waals surface area (Å²) in [5, 5.41) is 7.49. The van der Waals surface area contributed by atoms with E-state index in [0.717, 1.165) is 0 Å². The molecule has 0 aliphatic rings. The van der Waals surface area contributed by atoms with Gasteiger partial charge in [0.2, 0.25) is 17.7 Å². The van der Waals surface area contributed by atoms with Gasteiger partial charge in [-0.3, -0.25) is 14.4 Å². The lowest BCUT2D eigenvalue weighted by atomic mass is 10.2. The maximum atomic E-state index is 11.6. The van der Waals surface area contributed by atoms with E-state index in [0.29, 0.717) is 0 Å². The smallest absolute Gasteiger partial charge is 0.242 e. The average molecular weight is 243 g/mol. The topological polar surface area (TPSA) is 87.3 Å². The van der Waals surface area contributed by atoms with E-state index >= 15 is 0 Å². The molecule has 2 unspecified atom stereocenters. The highest BCUT2D eigenvalue weighted by molar-refractivity contribution is 5.91. The predicted octanol–water partition coefficient (Wildman–Crippen LogP) is -0.602. The van der Waals surface area contributed by atoms with Gasteiger partial charge >= 0.3 is 0 Å². The number of likely N-dealkylation sites (N-methyl/N-ethyl adjacent to an activating group) is 1. The summed E-state index contributed by atoms with van der Waals surface area (Å²) in [5.74, 6) is -1.03. The molecule has 0 aliphatic heterocycles. The Kier molecular flexibility index (Phi) is 6.23. The van der Waals surface area contributed by atoms with Crippen molar-refractivity contribution in [2.75, 3.05) is 7.05 Å². The fraction of sp³-hybridized carbons (Fsp3) is 0.727. The monoisotopic (exact) mass is 243 g/mol. The molecule has 0 bridgehead atoms. The number of nitrogens with one attached hydrogen (secondary N) is 3. The molecule has 17 heavy (non-hydrogen) atoms. The van der Waals surface area contributed by atoms with Crippen LogP contribution in [0.3, 0.4) is 0 Å². The van der Waals surface area contributed by atoms with Crippen molar-refractivity contribution in [3.63, 3.8) is 0 Å². The van der Waals surface area contributed by atoms with E-state index in [4.69, 9.17) is 0 Å². The number of hydrogen-bond donors (Lipinski definition) is 3. The van der Waals surface area contributed by atoms with Gasteiger partial charge in [0.1, 0.15) is 12.1 Å². The predicted molar refractivity (Wildman–Crippen MR) is 64.1 cm³/mol. The molecule has 0 aromatic carbocycles. The van der Waals surface area contributed by atoms with Crippen LogP contribution in [0.5, 0.6) is 0 Å². The summed E-state index contributed by atoms with van der Waals surface area (Å²) in [4.78, 5) is 34.2. The van der Waals surface area contributed by atoms with Gasteiger partial charge in [0.05, 0.1) is 0 Å². The molecule has 0 heterocycles. The molecule has 98 valence electrons. The fourth-order valence-electron chi connectivity index (χ4n) is 1.07. The lowest BCUT2D eigenvalue weighted by molar-refractivity contribution is -0.132. The zero-order valence-electron chi connectivity index (χ0n) is 11.0. The minimum Gasteiger partial charge on any atom is -0.357 e. The maximum Gasteiger partial charge on any atom is 0.242 e. The summed E-state index contributed by atoms with van der Waals surface area (Å²) in [7, 11) is 1.49. The number of hydrogen-bond acceptors (Lipinski definition) is 3. The number of amides is 3. The Hall–Kier alpha value is -1.59. The highest BCUT2D eigenvalue weighted by Gasteiger charge is 2.20. The van der Waals surface area contributed by atoms with Gasteiger partial charge in [-0.25, -0.2) is 0 Å². The first kappa shape index (κ1) is 15.4. The first-order valence-electron chi connectivity index (χ1n) is 5.62. The van der Waals surface area contributed by atoms with Crippen LogP contribution in [-0.2, 0) is 14.4 Å². The van der Waals surface area contributed by atoms with Crippen molar-refractivity contribution in [3.8, 4) is 0 Å². The molecule has 0 fully saturated rings. The average Bonchev–Trinajstić information content (AvgIpc) is 2.27. The van der Waals surface area contributed by atoms with Crippen molar-refractivity contribution < 1.29 is 14.4 Å². The molecular weight excluding hydrogens is 222 g/mol. The minimum atomic E-state index is -0.656. The second-order valence-electron chi connectivity index (χ2n) is 4.23. The molecule has 2 atom stereocenters. The summed E-state index contributed by atoms with van der Waals surface area (Å²) >= 11 is 0. The minimum absolute atomic E-state index is 0.179. The van der Waals surface area contributed by atoms with E-state index in [9.17, 15) is 14.4 Å². The second-order valence-corrected chi connectivity index (χ2v) is 4.23. The molecule has 3 amide bonds. The van der Waals surface area contributed by atoms with Crippen molar-refractivity contribution >= 4 is 17.7 Å². The molecule has 0 radical (unpaired) electrons. The lowest BCUT2D eigenvalue weighted by Gasteiger charge is -2.18. The Morgan fingerprint density at radius 3 is 1.59 bits per heavy atom. The van der Waals surface area contributed by atoms with Crippen molar-refractivity contribution in [3.05, 3.63) is 0 Å². The third kappa shape index (κ3) is 5.33. The molecule has 0 aromatic rings. The van der Waals surface area contributed by atoms with Crippen LogP contribution in [0, 0.1) is 5.92 Å². The van der Waals surface area contributed by atoms with E-state index < -0.39 is 12.1 Å². The Morgan fingerprint density at radius 2 is 1.18 bits per heavy atom. The van der Waals surface area contributed by atoms with Gasteiger partial charge in [0.25, 0.3) is 0 Å². The van der Waals surface area contributed by atoms with Crippen molar-refractivity contribution in [2.24, 2.45) is 5.92 Å². The van der Waals surface area contributed by atoms with Crippen LogP contribution in [0.15, 0.2) is 0 Å². The highest BCUT2D eigenvalue weighted by Crippen LogP contribution is 1.93. The fourth-order valence-corrected chi connectivity index (χ4v) is 1.07. The zero-order chi connectivity index (χ0) is 13.6. The van der Waals surface area contributed by atoms with E-state index in [1.165, 1.54) is 7.05 Å². The summed E-state index contributed by atoms with van der Waals surface area (Å²) in [5.41, 5.74) is 0. The molecular formula is C11H21N3O3. The van der Waals surface area contributed by atoms with Gasteiger partial charge < -0.3 is 16.0 Å². The van der Waals surface area contributed by atoms with Crippen molar-refractivity contribution in [1.29, 1.82) is 0 Å². The number of carbonyl (C=O) groups excluding carboxylic acids is 3. The van der Waals surface area contributed by atoms with Crippen molar-refractivity contribution in [1.82, 2.24) is 16.0 Å². The van der Waals surface area contributed by atoms with E-state index in [1.54, 1.807) is 27.7 Å². The van der Waals surface area contributed by atoms with Gasteiger partial charge in [-0.15, -0.1) is 0 Å². The first-order chi connectivity index (χ1) is 7.79. The van der Waals surface area contributed by atoms with Gasteiger partial charge in [-0.1, -0.05) is 13.8 Å². The second kappa shape index (κ2) is 6.88. The van der Waals surface area contributed by atoms with E-state index in [1.807, 2.05) is 0 Å². The zero-order valence-corrected chi connectivity index (χ0v) is 11.0. The van der Waals surface area contributed by atoms with Crippen LogP contribution < -0.4 is 16.0 Å². The van der Waals surface area contributed by atoms with Crippen LogP contribution in [0.25, 0.3) is 0 Å². The number of rotatable bonds is 5. The molecule has 0 aliphatic carbocycles. The molecule has 0 rings (SSSR count). The molecule has 6 heteroatoms. The molecule has 0 saturated heterocycles. The van der Waals surface area contributed by atoms with Crippen LogP contribution >= 0.6 is 0 Å². The van der Waals surface area contributed by atoms with E-state index in [-0.39, 0.29) is 23.6 Å². The normalized spacial score (nSPS) is 13.8. The molecule has 3 N–H and O–H groups in total. The summed E-state index contributed by atoms with van der Waals surface area (Å²) in [6.45, 7) is 6.64. The van der Waals surface area contributed by atoms with E-state index in [2.05, 4.69) is 16.0 Å². The first-order valence-corrected chi connectivity index (χ1v) is 5.62. The van der Waals surface area contributed by atoms with Crippen LogP contribution in [0.2, 0.25) is 0 Å². The molecule has 6 nitrogen and oxygen atoms in total. The Balaban J connectivity index is 4.23. The van der Waals surface area contributed by atoms with Crippen molar-refractivity contribution in [2.45, 2.75) is 39.8 Å². The Morgan fingerprint density at radius 1 is 0.765 bits per heavy atom. The highest BCUT2D eigenvalue weighted by atomic mass is 16.2. The van der Waals surface area contributed by atoms with Crippen LogP contribution in [-0.4, -0.2) is 36.9 Å². The Bertz CT molecular complexity index is 302. The summed E-state index contributed by atoms with van der Waals surface area (Å²) in [6, 6.07) is -1.28. The summed E-state index contributed by atoms with van der Waals surface area (Å²) in [6.07, 6.45) is 0. The Labute approximate surface area is 102 Å². The van der Waals surface area contributed by atoms with Gasteiger partial charge in [0.15, 0.2) is 0 Å². The third-order valence-electron chi connectivity index (χ3n) is 2.27. The van der Waals surface area contributed by atoms with Crippen LogP contribution in [0.4, 0.5) is 0 Å². The van der Waals surface area contributed by atoms with Crippen LogP contribution in [0.1, 0.15) is 27.7 Å². The largest absolute Gasteiger partial charge is 0.357 e. The standard InChI is InChI=1S/C11H21N3O3/c1-6(2)9(15)13-8(4)11(17)14-7(3)10(16)12-5/h6-8H,1-5H3,(H,12,16)(H,13,15)(H,14,17). The third-order valence-corrected chi connectivity index (χ3v) is 2.27. The maximum absolute atomic E-state index is 11.6. The molecule has 0 saturated carbocycles.